The topological polar surface area (TPSA) is 42.3 Å². The van der Waals surface area contributed by atoms with Crippen molar-refractivity contribution in [2.45, 2.75) is 45.1 Å². The van der Waals surface area contributed by atoms with Crippen molar-refractivity contribution in [3.8, 4) is 0 Å². The Morgan fingerprint density at radius 3 is 2.63 bits per heavy atom. The highest BCUT2D eigenvalue weighted by atomic mass is 16.2. The molecular weight excluding hydrogens is 240 g/mol. The molecule has 1 amide bonds. The lowest BCUT2D eigenvalue weighted by Crippen LogP contribution is -2.27. The molecule has 0 unspecified atom stereocenters. The summed E-state index contributed by atoms with van der Waals surface area (Å²) in [5.74, 6) is 0.300. The molecule has 1 fully saturated rings. The molecule has 1 saturated heterocycles. The highest BCUT2D eigenvalue weighted by molar-refractivity contribution is 5.76. The Morgan fingerprint density at radius 2 is 1.89 bits per heavy atom. The Morgan fingerprint density at radius 1 is 1.11 bits per heavy atom. The van der Waals surface area contributed by atoms with Crippen LogP contribution in [0.25, 0.3) is 0 Å². The van der Waals surface area contributed by atoms with Gasteiger partial charge >= 0.3 is 0 Å². The fourth-order valence-corrected chi connectivity index (χ4v) is 2.51. The Labute approximate surface area is 114 Å². The first-order valence-corrected chi connectivity index (χ1v) is 7.20. The second kappa shape index (κ2) is 7.12. The van der Waals surface area contributed by atoms with Gasteiger partial charge in [-0.1, -0.05) is 12.5 Å². The lowest BCUT2D eigenvalue weighted by molar-refractivity contribution is -0.130. The largest absolute Gasteiger partial charge is 0.343 e. The molecule has 0 saturated carbocycles. The van der Waals surface area contributed by atoms with E-state index in [1.54, 1.807) is 16.7 Å². The van der Waals surface area contributed by atoms with Gasteiger partial charge in [-0.3, -0.25) is 9.59 Å². The van der Waals surface area contributed by atoms with E-state index in [1.807, 2.05) is 17.2 Å². The van der Waals surface area contributed by atoms with Gasteiger partial charge < -0.3 is 9.47 Å². The molecule has 1 aliphatic heterocycles. The van der Waals surface area contributed by atoms with Crippen LogP contribution in [0.15, 0.2) is 29.2 Å². The summed E-state index contributed by atoms with van der Waals surface area (Å²) in [6, 6.07) is 5.21. The number of hydrogen-bond donors (Lipinski definition) is 0. The van der Waals surface area contributed by atoms with Crippen molar-refractivity contribution < 1.29 is 4.79 Å². The lowest BCUT2D eigenvalue weighted by Gasteiger charge is -2.14. The van der Waals surface area contributed by atoms with Crippen molar-refractivity contribution in [3.63, 3.8) is 0 Å². The van der Waals surface area contributed by atoms with Crippen molar-refractivity contribution in [2.24, 2.45) is 0 Å². The predicted molar refractivity (Wildman–Crippen MR) is 75.0 cm³/mol. The molecular formula is C15H22N2O2. The summed E-state index contributed by atoms with van der Waals surface area (Å²) < 4.78 is 1.72. The van der Waals surface area contributed by atoms with E-state index in [4.69, 9.17) is 0 Å². The number of carbonyl (C=O) groups is 1. The summed E-state index contributed by atoms with van der Waals surface area (Å²) >= 11 is 0. The van der Waals surface area contributed by atoms with E-state index in [-0.39, 0.29) is 5.56 Å². The minimum Gasteiger partial charge on any atom is -0.343 e. The zero-order valence-corrected chi connectivity index (χ0v) is 11.4. The molecule has 0 N–H and O–H groups in total. The standard InChI is InChI=1S/C15H22N2O2/c18-14(17-12-6-7-13-17)8-2-1-4-10-16-11-5-3-9-15(16)19/h3,5,9,11H,1-2,4,6-8,10,12-13H2. The highest BCUT2D eigenvalue weighted by Gasteiger charge is 2.16. The third kappa shape index (κ3) is 4.23. The van der Waals surface area contributed by atoms with E-state index in [2.05, 4.69) is 0 Å². The first-order valence-electron chi connectivity index (χ1n) is 7.20. The number of likely N-dealkylation sites (tertiary alicyclic amines) is 1. The summed E-state index contributed by atoms with van der Waals surface area (Å²) in [6.45, 7) is 2.63. The van der Waals surface area contributed by atoms with Crippen LogP contribution in [0.4, 0.5) is 0 Å². The van der Waals surface area contributed by atoms with Crippen molar-refractivity contribution in [3.05, 3.63) is 34.7 Å². The molecule has 1 aromatic rings. The van der Waals surface area contributed by atoms with Crippen LogP contribution in [0, 0.1) is 0 Å². The first-order chi connectivity index (χ1) is 9.27. The van der Waals surface area contributed by atoms with Gasteiger partial charge in [-0.2, -0.15) is 0 Å². The van der Waals surface area contributed by atoms with Crippen LogP contribution in [0.2, 0.25) is 0 Å². The zero-order valence-electron chi connectivity index (χ0n) is 11.4. The molecule has 19 heavy (non-hydrogen) atoms. The van der Waals surface area contributed by atoms with E-state index in [0.717, 1.165) is 51.7 Å². The van der Waals surface area contributed by atoms with Gasteiger partial charge in [-0.15, -0.1) is 0 Å². The molecule has 0 spiro atoms. The van der Waals surface area contributed by atoms with Crippen LogP contribution in [0.5, 0.6) is 0 Å². The third-order valence-electron chi connectivity index (χ3n) is 3.65. The molecule has 0 aromatic carbocycles. The molecule has 0 bridgehead atoms. The van der Waals surface area contributed by atoms with Gasteiger partial charge in [0.1, 0.15) is 0 Å². The van der Waals surface area contributed by atoms with Gasteiger partial charge in [-0.25, -0.2) is 0 Å². The Hall–Kier alpha value is -1.58. The number of aromatic nitrogens is 1. The molecule has 4 heteroatoms. The number of aryl methyl sites for hydroxylation is 1. The summed E-state index contributed by atoms with van der Waals surface area (Å²) in [5.41, 5.74) is 0.0515. The lowest BCUT2D eigenvalue weighted by atomic mass is 10.2. The Balaban J connectivity index is 1.61. The number of nitrogens with zero attached hydrogens (tertiary/aromatic N) is 2. The van der Waals surface area contributed by atoms with Crippen LogP contribution in [0.3, 0.4) is 0 Å². The third-order valence-corrected chi connectivity index (χ3v) is 3.65. The van der Waals surface area contributed by atoms with Gasteiger partial charge in [0.2, 0.25) is 11.5 Å². The van der Waals surface area contributed by atoms with Gasteiger partial charge in [0.15, 0.2) is 0 Å². The summed E-state index contributed by atoms with van der Waals surface area (Å²) in [6.07, 6.45) is 7.67. The second-order valence-corrected chi connectivity index (χ2v) is 5.13. The zero-order chi connectivity index (χ0) is 13.5. The molecule has 2 rings (SSSR count). The van der Waals surface area contributed by atoms with Crippen molar-refractivity contribution in [1.29, 1.82) is 0 Å². The fourth-order valence-electron chi connectivity index (χ4n) is 2.51. The van der Waals surface area contributed by atoms with E-state index in [0.29, 0.717) is 12.3 Å². The van der Waals surface area contributed by atoms with Crippen molar-refractivity contribution in [2.75, 3.05) is 13.1 Å². The molecule has 104 valence electrons. The van der Waals surface area contributed by atoms with Gasteiger partial charge in [0, 0.05) is 38.3 Å². The molecule has 0 radical (unpaired) electrons. The van der Waals surface area contributed by atoms with Crippen LogP contribution < -0.4 is 5.56 Å². The summed E-state index contributed by atoms with van der Waals surface area (Å²) in [7, 11) is 0. The second-order valence-electron chi connectivity index (χ2n) is 5.13. The van der Waals surface area contributed by atoms with E-state index >= 15 is 0 Å². The molecule has 2 heterocycles. The van der Waals surface area contributed by atoms with Crippen molar-refractivity contribution >= 4 is 5.91 Å². The highest BCUT2D eigenvalue weighted by Crippen LogP contribution is 2.11. The monoisotopic (exact) mass is 262 g/mol. The van der Waals surface area contributed by atoms with Crippen molar-refractivity contribution in [1.82, 2.24) is 9.47 Å². The van der Waals surface area contributed by atoms with Gasteiger partial charge in [0.05, 0.1) is 0 Å². The van der Waals surface area contributed by atoms with Crippen LogP contribution in [-0.2, 0) is 11.3 Å². The number of hydrogen-bond acceptors (Lipinski definition) is 2. The fraction of sp³-hybridized carbons (Fsp3) is 0.600. The van der Waals surface area contributed by atoms with Crippen LogP contribution >= 0.6 is 0 Å². The number of rotatable bonds is 6. The summed E-state index contributed by atoms with van der Waals surface area (Å²) in [4.78, 5) is 25.2. The number of unbranched alkanes of at least 4 members (excludes halogenated alkanes) is 2. The average Bonchev–Trinajstić information content (AvgIpc) is 2.94. The van der Waals surface area contributed by atoms with Crippen LogP contribution in [0.1, 0.15) is 38.5 Å². The molecule has 4 nitrogen and oxygen atoms in total. The smallest absolute Gasteiger partial charge is 0.250 e. The predicted octanol–water partition coefficient (Wildman–Crippen LogP) is 2.03. The molecule has 0 atom stereocenters. The minimum absolute atomic E-state index is 0.0515. The Kier molecular flexibility index (Phi) is 5.19. The maximum atomic E-state index is 11.8. The maximum Gasteiger partial charge on any atom is 0.250 e. The molecule has 0 aliphatic carbocycles. The summed E-state index contributed by atoms with van der Waals surface area (Å²) in [5, 5.41) is 0. The normalized spacial score (nSPS) is 14.8. The minimum atomic E-state index is 0.0515. The van der Waals surface area contributed by atoms with Gasteiger partial charge in [-0.05, 0) is 31.7 Å². The van der Waals surface area contributed by atoms with E-state index < -0.39 is 0 Å². The number of amides is 1. The molecule has 1 aromatic heterocycles. The Bertz CT molecular complexity index is 461. The average molecular weight is 262 g/mol. The van der Waals surface area contributed by atoms with E-state index in [1.165, 1.54) is 0 Å². The quantitative estimate of drug-likeness (QED) is 0.736. The van der Waals surface area contributed by atoms with Gasteiger partial charge in [0.25, 0.3) is 0 Å². The molecule has 1 aliphatic rings. The number of pyridine rings is 1. The van der Waals surface area contributed by atoms with Crippen LogP contribution in [-0.4, -0.2) is 28.5 Å². The number of carbonyl (C=O) groups excluding carboxylic acids is 1. The first kappa shape index (κ1) is 13.8. The SMILES string of the molecule is O=C(CCCCCn1ccccc1=O)N1CCCC1. The maximum absolute atomic E-state index is 11.8. The van der Waals surface area contributed by atoms with E-state index in [9.17, 15) is 9.59 Å².